The predicted molar refractivity (Wildman–Crippen MR) is 74.7 cm³/mol. The van der Waals surface area contributed by atoms with Gasteiger partial charge in [-0.2, -0.15) is 0 Å². The molecule has 0 saturated heterocycles. The Bertz CT molecular complexity index is 476. The molecule has 0 aromatic heterocycles. The van der Waals surface area contributed by atoms with E-state index in [1.165, 1.54) is 14.0 Å². The third kappa shape index (κ3) is 4.55. The lowest BCUT2D eigenvalue weighted by atomic mass is 10.1. The average Bonchev–Trinajstić information content (AvgIpc) is 2.38. The van der Waals surface area contributed by atoms with E-state index in [0.29, 0.717) is 17.9 Å². The van der Waals surface area contributed by atoms with Crippen molar-refractivity contribution in [2.24, 2.45) is 0 Å². The van der Waals surface area contributed by atoms with E-state index < -0.39 is 12.0 Å². The van der Waals surface area contributed by atoms with Crippen molar-refractivity contribution in [3.05, 3.63) is 29.8 Å². The second-order valence-corrected chi connectivity index (χ2v) is 4.52. The molecule has 1 amide bonds. The lowest BCUT2D eigenvalue weighted by Crippen LogP contribution is -2.41. The number of carbonyl (C=O) groups excluding carboxylic acids is 1. The molecule has 2 unspecified atom stereocenters. The minimum absolute atomic E-state index is 0.150. The quantitative estimate of drug-likeness (QED) is 0.691. The van der Waals surface area contributed by atoms with Gasteiger partial charge >= 0.3 is 5.97 Å². The maximum absolute atomic E-state index is 11.4. The van der Waals surface area contributed by atoms with E-state index in [-0.39, 0.29) is 11.9 Å². The lowest BCUT2D eigenvalue weighted by Gasteiger charge is -2.20. The van der Waals surface area contributed by atoms with Crippen LogP contribution < -0.4 is 15.4 Å². The lowest BCUT2D eigenvalue weighted by molar-refractivity contribution is -0.139. The molecule has 6 heteroatoms. The number of carboxylic acid groups (broad SMARTS) is 1. The Morgan fingerprint density at radius 2 is 2.00 bits per heavy atom. The maximum atomic E-state index is 11.4. The number of nitrogens with one attached hydrogen (secondary N) is 2. The molecule has 6 nitrogen and oxygen atoms in total. The molecule has 0 saturated carbocycles. The first-order valence-electron chi connectivity index (χ1n) is 6.32. The van der Waals surface area contributed by atoms with Gasteiger partial charge in [0, 0.05) is 25.1 Å². The number of carbonyl (C=O) groups is 2. The van der Waals surface area contributed by atoms with E-state index >= 15 is 0 Å². The van der Waals surface area contributed by atoms with Crippen LogP contribution in [0.15, 0.2) is 24.3 Å². The van der Waals surface area contributed by atoms with E-state index in [1.807, 2.05) is 0 Å². The Morgan fingerprint density at radius 3 is 2.55 bits per heavy atom. The van der Waals surface area contributed by atoms with Crippen LogP contribution in [0.3, 0.4) is 0 Å². The second-order valence-electron chi connectivity index (χ2n) is 4.52. The van der Waals surface area contributed by atoms with Gasteiger partial charge in [0.25, 0.3) is 0 Å². The standard InChI is InChI=1S/C14H20N2O4/c1-9(16-10(2)17)8-15-13(14(18)19)11-6-4-5-7-12(11)20-3/h4-7,9,13,15H,8H2,1-3H3,(H,16,17)(H,18,19). The Labute approximate surface area is 118 Å². The first-order valence-corrected chi connectivity index (χ1v) is 6.32. The first-order chi connectivity index (χ1) is 9.45. The summed E-state index contributed by atoms with van der Waals surface area (Å²) in [5.74, 6) is -0.632. The zero-order valence-electron chi connectivity index (χ0n) is 11.8. The largest absolute Gasteiger partial charge is 0.496 e. The number of rotatable bonds is 7. The fourth-order valence-corrected chi connectivity index (χ4v) is 1.93. The normalized spacial score (nSPS) is 13.3. The molecule has 0 spiro atoms. The summed E-state index contributed by atoms with van der Waals surface area (Å²) >= 11 is 0. The molecule has 1 rings (SSSR count). The van der Waals surface area contributed by atoms with Gasteiger partial charge in [-0.3, -0.25) is 14.9 Å². The van der Waals surface area contributed by atoms with Crippen LogP contribution in [-0.4, -0.2) is 36.7 Å². The van der Waals surface area contributed by atoms with E-state index in [9.17, 15) is 14.7 Å². The number of methoxy groups -OCH3 is 1. The van der Waals surface area contributed by atoms with Gasteiger partial charge in [-0.1, -0.05) is 18.2 Å². The molecule has 110 valence electrons. The molecule has 2 atom stereocenters. The summed E-state index contributed by atoms with van der Waals surface area (Å²) in [7, 11) is 1.50. The molecule has 0 aliphatic rings. The van der Waals surface area contributed by atoms with Gasteiger partial charge in [0.1, 0.15) is 11.8 Å². The van der Waals surface area contributed by atoms with Crippen LogP contribution in [0.5, 0.6) is 5.75 Å². The fraction of sp³-hybridized carbons (Fsp3) is 0.429. The van der Waals surface area contributed by atoms with Crippen molar-refractivity contribution in [1.82, 2.24) is 10.6 Å². The van der Waals surface area contributed by atoms with Crippen molar-refractivity contribution in [1.29, 1.82) is 0 Å². The highest BCUT2D eigenvalue weighted by molar-refractivity contribution is 5.76. The summed E-state index contributed by atoms with van der Waals surface area (Å²) < 4.78 is 5.17. The third-order valence-corrected chi connectivity index (χ3v) is 2.77. The molecule has 0 bridgehead atoms. The molecule has 0 fully saturated rings. The Kier molecular flexibility index (Phi) is 5.99. The van der Waals surface area contributed by atoms with Gasteiger partial charge in [0.05, 0.1) is 7.11 Å². The molecule has 3 N–H and O–H groups in total. The summed E-state index contributed by atoms with van der Waals surface area (Å²) in [5.41, 5.74) is 0.553. The van der Waals surface area contributed by atoms with Crippen molar-refractivity contribution in [2.75, 3.05) is 13.7 Å². The Balaban J connectivity index is 2.79. The molecule has 0 aliphatic heterocycles. The van der Waals surface area contributed by atoms with Crippen molar-refractivity contribution < 1.29 is 19.4 Å². The van der Waals surface area contributed by atoms with Crippen LogP contribution in [0.1, 0.15) is 25.5 Å². The van der Waals surface area contributed by atoms with Gasteiger partial charge < -0.3 is 15.2 Å². The number of hydrogen-bond acceptors (Lipinski definition) is 4. The van der Waals surface area contributed by atoms with Gasteiger partial charge in [-0.25, -0.2) is 0 Å². The van der Waals surface area contributed by atoms with Crippen LogP contribution in [0, 0.1) is 0 Å². The van der Waals surface area contributed by atoms with E-state index in [2.05, 4.69) is 10.6 Å². The summed E-state index contributed by atoms with van der Waals surface area (Å²) in [6.45, 7) is 3.57. The number of benzene rings is 1. The van der Waals surface area contributed by atoms with Crippen molar-refractivity contribution in [2.45, 2.75) is 25.9 Å². The maximum Gasteiger partial charge on any atom is 0.325 e. The monoisotopic (exact) mass is 280 g/mol. The predicted octanol–water partition coefficient (Wildman–Crippen LogP) is 0.935. The minimum atomic E-state index is -0.996. The molecule has 0 heterocycles. The van der Waals surface area contributed by atoms with Crippen molar-refractivity contribution in [3.63, 3.8) is 0 Å². The highest BCUT2D eigenvalue weighted by atomic mass is 16.5. The fourth-order valence-electron chi connectivity index (χ4n) is 1.93. The first kappa shape index (κ1) is 16.0. The highest BCUT2D eigenvalue weighted by Crippen LogP contribution is 2.24. The van der Waals surface area contributed by atoms with E-state index in [4.69, 9.17) is 4.74 Å². The Hall–Kier alpha value is -2.08. The molecule has 1 aromatic carbocycles. The smallest absolute Gasteiger partial charge is 0.325 e. The molecule has 20 heavy (non-hydrogen) atoms. The summed E-state index contributed by atoms with van der Waals surface area (Å²) in [6, 6.07) is 5.90. The Morgan fingerprint density at radius 1 is 1.35 bits per heavy atom. The number of hydrogen-bond donors (Lipinski definition) is 3. The van der Waals surface area contributed by atoms with Crippen LogP contribution >= 0.6 is 0 Å². The molecule has 0 aliphatic carbocycles. The number of ether oxygens (including phenoxy) is 1. The number of para-hydroxylation sites is 1. The third-order valence-electron chi connectivity index (χ3n) is 2.77. The van der Waals surface area contributed by atoms with Crippen LogP contribution in [0.25, 0.3) is 0 Å². The van der Waals surface area contributed by atoms with Gasteiger partial charge in [0.15, 0.2) is 0 Å². The molecule has 0 radical (unpaired) electrons. The van der Waals surface area contributed by atoms with Crippen molar-refractivity contribution in [3.8, 4) is 5.75 Å². The molecular formula is C14H20N2O4. The van der Waals surface area contributed by atoms with Gasteiger partial charge in [-0.15, -0.1) is 0 Å². The number of amides is 1. The van der Waals surface area contributed by atoms with Gasteiger partial charge in [0.2, 0.25) is 5.91 Å². The summed E-state index contributed by atoms with van der Waals surface area (Å²) in [5, 5.41) is 14.9. The topological polar surface area (TPSA) is 87.7 Å². The zero-order valence-corrected chi connectivity index (χ0v) is 11.8. The minimum Gasteiger partial charge on any atom is -0.496 e. The number of carboxylic acids is 1. The molecule has 1 aromatic rings. The van der Waals surface area contributed by atoms with E-state index in [1.54, 1.807) is 31.2 Å². The summed E-state index contributed by atoms with van der Waals surface area (Å²) in [6.07, 6.45) is 0. The average molecular weight is 280 g/mol. The van der Waals surface area contributed by atoms with Crippen LogP contribution in [0.4, 0.5) is 0 Å². The number of aliphatic carboxylic acids is 1. The van der Waals surface area contributed by atoms with Crippen molar-refractivity contribution >= 4 is 11.9 Å². The van der Waals surface area contributed by atoms with Crippen LogP contribution in [-0.2, 0) is 9.59 Å². The summed E-state index contributed by atoms with van der Waals surface area (Å²) in [4.78, 5) is 22.3. The SMILES string of the molecule is COc1ccccc1C(NCC(C)NC(C)=O)C(=O)O. The van der Waals surface area contributed by atoms with Crippen LogP contribution in [0.2, 0.25) is 0 Å². The highest BCUT2D eigenvalue weighted by Gasteiger charge is 2.23. The van der Waals surface area contributed by atoms with E-state index in [0.717, 1.165) is 0 Å². The second kappa shape index (κ2) is 7.49. The molecular weight excluding hydrogens is 260 g/mol. The zero-order chi connectivity index (χ0) is 15.1. The van der Waals surface area contributed by atoms with Gasteiger partial charge in [-0.05, 0) is 13.0 Å².